The van der Waals surface area contributed by atoms with Crippen LogP contribution in [0.15, 0.2) is 81.9 Å². The van der Waals surface area contributed by atoms with Crippen LogP contribution in [0.1, 0.15) is 12.5 Å². The number of ether oxygens (including phenoxy) is 1. The fraction of sp³-hybridized carbons (Fsp3) is 0.0800. The second-order valence-corrected chi connectivity index (χ2v) is 7.92. The molecule has 1 aromatic heterocycles. The lowest BCUT2D eigenvalue weighted by Crippen LogP contribution is -2.10. The van der Waals surface area contributed by atoms with Gasteiger partial charge in [-0.15, -0.1) is 0 Å². The number of methoxy groups -OCH3 is 1. The largest absolute Gasteiger partial charge is 0.496 e. The van der Waals surface area contributed by atoms with Crippen LogP contribution in [0, 0.1) is 5.82 Å². The van der Waals surface area contributed by atoms with E-state index in [1.165, 1.54) is 18.2 Å². The van der Waals surface area contributed by atoms with Gasteiger partial charge in [0.15, 0.2) is 0 Å². The van der Waals surface area contributed by atoms with Crippen molar-refractivity contribution in [2.45, 2.75) is 6.92 Å². The molecule has 1 N–H and O–H groups in total. The highest BCUT2D eigenvalue weighted by Gasteiger charge is 2.15. The van der Waals surface area contributed by atoms with Gasteiger partial charge in [0.05, 0.1) is 19.1 Å². The highest BCUT2D eigenvalue weighted by atomic mass is 79.9. The summed E-state index contributed by atoms with van der Waals surface area (Å²) in [6, 6.07) is 17.7. The number of hydrogen-bond acceptors (Lipinski definition) is 3. The van der Waals surface area contributed by atoms with Gasteiger partial charge in [-0.1, -0.05) is 40.2 Å². The number of anilines is 1. The molecule has 1 amide bonds. The topological polar surface area (TPSA) is 51.5 Å². The maximum Gasteiger partial charge on any atom is 0.248 e. The van der Waals surface area contributed by atoms with Gasteiger partial charge < -0.3 is 14.5 Å². The van der Waals surface area contributed by atoms with E-state index in [4.69, 9.17) is 9.15 Å². The minimum atomic E-state index is -0.488. The third-order valence-corrected chi connectivity index (χ3v) is 5.48. The van der Waals surface area contributed by atoms with E-state index in [0.29, 0.717) is 16.9 Å². The Balaban J connectivity index is 1.72. The first-order chi connectivity index (χ1) is 15.0. The second kappa shape index (κ2) is 8.78. The van der Waals surface area contributed by atoms with E-state index in [9.17, 15) is 9.18 Å². The second-order valence-electron chi connectivity index (χ2n) is 7.00. The van der Waals surface area contributed by atoms with Crippen LogP contribution in [0.5, 0.6) is 5.75 Å². The number of fused-ring (bicyclic) bond motifs is 1. The van der Waals surface area contributed by atoms with Crippen molar-refractivity contribution in [3.05, 3.63) is 88.9 Å². The number of hydrogen-bond donors (Lipinski definition) is 1. The van der Waals surface area contributed by atoms with Crippen LogP contribution in [0.4, 0.5) is 10.1 Å². The molecule has 0 unspecified atom stereocenters. The van der Waals surface area contributed by atoms with E-state index in [1.807, 2.05) is 37.3 Å². The zero-order valence-electron chi connectivity index (χ0n) is 16.9. The standard InChI is InChI=1S/C25H19BrFNO3/c1-15(11-25(29)28-22-6-4-3-5-21(22)27)18-12-19-20(16-7-9-17(26)10-8-16)14-31-24(19)13-23(18)30-2/h3-14H,1-2H3,(H,28,29)/b15-11+. The number of nitrogens with one attached hydrogen (secondary N) is 1. The number of furan rings is 1. The van der Waals surface area contributed by atoms with E-state index in [0.717, 1.165) is 26.5 Å². The Morgan fingerprint density at radius 2 is 1.87 bits per heavy atom. The minimum Gasteiger partial charge on any atom is -0.496 e. The third kappa shape index (κ3) is 4.39. The van der Waals surface area contributed by atoms with E-state index in [-0.39, 0.29) is 5.69 Å². The average Bonchev–Trinajstić information content (AvgIpc) is 3.17. The summed E-state index contributed by atoms with van der Waals surface area (Å²) in [6.07, 6.45) is 3.14. The molecular weight excluding hydrogens is 461 g/mol. The average molecular weight is 480 g/mol. The van der Waals surface area contributed by atoms with Gasteiger partial charge in [-0.05, 0) is 48.4 Å². The molecule has 0 aliphatic rings. The molecule has 6 heteroatoms. The fourth-order valence-electron chi connectivity index (χ4n) is 3.39. The molecular formula is C25H19BrFNO3. The molecule has 0 atom stereocenters. The summed E-state index contributed by atoms with van der Waals surface area (Å²) in [5.41, 5.74) is 4.19. The van der Waals surface area contributed by atoms with Crippen LogP contribution in [0.25, 0.3) is 27.7 Å². The van der Waals surface area contributed by atoms with Crippen molar-refractivity contribution < 1.29 is 18.3 Å². The van der Waals surface area contributed by atoms with Gasteiger partial charge in [-0.2, -0.15) is 0 Å². The van der Waals surface area contributed by atoms with Crippen molar-refractivity contribution in [1.82, 2.24) is 0 Å². The molecule has 1 heterocycles. The van der Waals surface area contributed by atoms with E-state index in [2.05, 4.69) is 21.2 Å². The predicted octanol–water partition coefficient (Wildman–Crippen LogP) is 7.05. The van der Waals surface area contributed by atoms with Crippen molar-refractivity contribution in [2.24, 2.45) is 0 Å². The Kier molecular flexibility index (Phi) is 5.91. The van der Waals surface area contributed by atoms with Crippen molar-refractivity contribution in [3.63, 3.8) is 0 Å². The van der Waals surface area contributed by atoms with Crippen molar-refractivity contribution in [1.29, 1.82) is 0 Å². The van der Waals surface area contributed by atoms with Gasteiger partial charge in [-0.3, -0.25) is 4.79 Å². The molecule has 0 aliphatic carbocycles. The molecule has 0 fully saturated rings. The lowest BCUT2D eigenvalue weighted by atomic mass is 9.99. The van der Waals surface area contributed by atoms with Crippen LogP contribution in [0.3, 0.4) is 0 Å². The Hall–Kier alpha value is -3.38. The van der Waals surface area contributed by atoms with Crippen molar-refractivity contribution in [2.75, 3.05) is 12.4 Å². The molecule has 3 aromatic carbocycles. The number of allylic oxidation sites excluding steroid dienone is 1. The molecule has 0 radical (unpaired) electrons. The summed E-state index contributed by atoms with van der Waals surface area (Å²) in [5, 5.41) is 3.47. The van der Waals surface area contributed by atoms with Gasteiger partial charge in [0, 0.05) is 33.1 Å². The monoisotopic (exact) mass is 479 g/mol. The molecule has 0 saturated heterocycles. The molecule has 0 aliphatic heterocycles. The number of rotatable bonds is 5. The zero-order valence-corrected chi connectivity index (χ0v) is 18.5. The summed E-state index contributed by atoms with van der Waals surface area (Å²) >= 11 is 3.45. The Morgan fingerprint density at radius 3 is 2.58 bits per heavy atom. The third-order valence-electron chi connectivity index (χ3n) is 4.96. The lowest BCUT2D eigenvalue weighted by Gasteiger charge is -2.10. The summed E-state index contributed by atoms with van der Waals surface area (Å²) in [4.78, 5) is 12.5. The molecule has 31 heavy (non-hydrogen) atoms. The molecule has 0 bridgehead atoms. The molecule has 0 spiro atoms. The van der Waals surface area contributed by atoms with Crippen LogP contribution in [-0.4, -0.2) is 13.0 Å². The first-order valence-corrected chi connectivity index (χ1v) is 10.3. The number of amides is 1. The van der Waals surface area contributed by atoms with E-state index in [1.54, 1.807) is 31.6 Å². The normalized spacial score (nSPS) is 11.5. The zero-order chi connectivity index (χ0) is 22.0. The van der Waals surface area contributed by atoms with E-state index < -0.39 is 11.7 Å². The van der Waals surface area contributed by atoms with Gasteiger partial charge in [0.2, 0.25) is 5.91 Å². The molecule has 156 valence electrons. The van der Waals surface area contributed by atoms with Crippen LogP contribution in [-0.2, 0) is 4.79 Å². The van der Waals surface area contributed by atoms with Gasteiger partial charge in [0.25, 0.3) is 0 Å². The minimum absolute atomic E-state index is 0.131. The highest BCUT2D eigenvalue weighted by molar-refractivity contribution is 9.10. The number of halogens is 2. The van der Waals surface area contributed by atoms with Gasteiger partial charge in [-0.25, -0.2) is 4.39 Å². The fourth-order valence-corrected chi connectivity index (χ4v) is 3.66. The van der Waals surface area contributed by atoms with Crippen LogP contribution >= 0.6 is 15.9 Å². The first kappa shape index (κ1) is 20.9. The SMILES string of the molecule is COc1cc2occ(-c3ccc(Br)cc3)c2cc1/C(C)=C/C(=O)Nc1ccccc1F. The maximum absolute atomic E-state index is 13.8. The first-order valence-electron chi connectivity index (χ1n) is 9.55. The Bertz CT molecular complexity index is 1290. The number of benzene rings is 3. The summed E-state index contributed by atoms with van der Waals surface area (Å²) in [6.45, 7) is 1.81. The predicted molar refractivity (Wildman–Crippen MR) is 125 cm³/mol. The van der Waals surface area contributed by atoms with Crippen LogP contribution in [0.2, 0.25) is 0 Å². The van der Waals surface area contributed by atoms with Gasteiger partial charge >= 0.3 is 0 Å². The van der Waals surface area contributed by atoms with E-state index >= 15 is 0 Å². The molecule has 4 nitrogen and oxygen atoms in total. The Morgan fingerprint density at radius 1 is 1.13 bits per heavy atom. The quantitative estimate of drug-likeness (QED) is 0.312. The highest BCUT2D eigenvalue weighted by Crippen LogP contribution is 2.37. The molecule has 0 saturated carbocycles. The smallest absolute Gasteiger partial charge is 0.248 e. The number of para-hydroxylation sites is 1. The van der Waals surface area contributed by atoms with Crippen molar-refractivity contribution >= 4 is 44.1 Å². The maximum atomic E-state index is 13.8. The summed E-state index contributed by atoms with van der Waals surface area (Å²) in [5.74, 6) is -0.333. The van der Waals surface area contributed by atoms with Crippen LogP contribution < -0.4 is 10.1 Å². The molecule has 4 rings (SSSR count). The number of carbonyl (C=O) groups excluding carboxylic acids is 1. The number of carbonyl (C=O) groups is 1. The molecule has 4 aromatic rings. The van der Waals surface area contributed by atoms with Crippen molar-refractivity contribution in [3.8, 4) is 16.9 Å². The lowest BCUT2D eigenvalue weighted by molar-refractivity contribution is -0.111. The summed E-state index contributed by atoms with van der Waals surface area (Å²) < 4.78 is 26.1. The summed E-state index contributed by atoms with van der Waals surface area (Å²) in [7, 11) is 1.57. The Labute approximate surface area is 187 Å². The van der Waals surface area contributed by atoms with Gasteiger partial charge in [0.1, 0.15) is 17.1 Å².